The highest BCUT2D eigenvalue weighted by Crippen LogP contribution is 2.27. The molecule has 6 heteroatoms. The Bertz CT molecular complexity index is 825. The standard InChI is InChI=1S/C18H19N5O/c19-11-15-17(21-13-7-3-1-4-8-13)16(12-20-18(15)24)23-22-14-9-5-2-6-10-14/h1,3-4,7-8,12,23H,2,5-6,9-10H2,(H2,20,21,24). The van der Waals surface area contributed by atoms with Gasteiger partial charge in [0.05, 0.1) is 11.4 Å². The first kappa shape index (κ1) is 15.8. The number of nitriles is 1. The van der Waals surface area contributed by atoms with Gasteiger partial charge in [0.25, 0.3) is 5.56 Å². The van der Waals surface area contributed by atoms with Gasteiger partial charge >= 0.3 is 0 Å². The zero-order valence-electron chi connectivity index (χ0n) is 13.3. The average molecular weight is 321 g/mol. The van der Waals surface area contributed by atoms with Crippen molar-refractivity contribution in [3.8, 4) is 6.07 Å². The summed E-state index contributed by atoms with van der Waals surface area (Å²) in [7, 11) is 0. The van der Waals surface area contributed by atoms with Crippen LogP contribution in [0, 0.1) is 11.3 Å². The fourth-order valence-corrected chi connectivity index (χ4v) is 2.73. The first-order chi connectivity index (χ1) is 11.8. The summed E-state index contributed by atoms with van der Waals surface area (Å²) in [5.41, 5.74) is 5.56. The molecule has 1 aliphatic carbocycles. The third kappa shape index (κ3) is 3.63. The number of H-pyrrole nitrogens is 1. The van der Waals surface area contributed by atoms with E-state index in [4.69, 9.17) is 0 Å². The van der Waals surface area contributed by atoms with Crippen LogP contribution in [0.4, 0.5) is 17.1 Å². The number of aromatic amines is 1. The largest absolute Gasteiger partial charge is 0.352 e. The molecular weight excluding hydrogens is 302 g/mol. The van der Waals surface area contributed by atoms with Gasteiger partial charge in [0, 0.05) is 17.6 Å². The Morgan fingerprint density at radius 2 is 1.88 bits per heavy atom. The number of para-hydroxylation sites is 1. The van der Waals surface area contributed by atoms with Crippen LogP contribution < -0.4 is 16.3 Å². The monoisotopic (exact) mass is 321 g/mol. The van der Waals surface area contributed by atoms with Gasteiger partial charge in [-0.3, -0.25) is 10.2 Å². The molecule has 1 fully saturated rings. The van der Waals surface area contributed by atoms with Crippen molar-refractivity contribution in [3.05, 3.63) is 52.4 Å². The number of benzene rings is 1. The van der Waals surface area contributed by atoms with E-state index in [2.05, 4.69) is 20.8 Å². The predicted molar refractivity (Wildman–Crippen MR) is 95.6 cm³/mol. The van der Waals surface area contributed by atoms with Crippen LogP contribution in [-0.2, 0) is 0 Å². The van der Waals surface area contributed by atoms with Crippen LogP contribution in [0.3, 0.4) is 0 Å². The second-order valence-corrected chi connectivity index (χ2v) is 5.73. The van der Waals surface area contributed by atoms with Crippen LogP contribution in [-0.4, -0.2) is 10.7 Å². The molecule has 3 N–H and O–H groups in total. The summed E-state index contributed by atoms with van der Waals surface area (Å²) >= 11 is 0. The molecule has 0 unspecified atom stereocenters. The highest BCUT2D eigenvalue weighted by atomic mass is 16.1. The van der Waals surface area contributed by atoms with Crippen LogP contribution in [0.5, 0.6) is 0 Å². The number of nitrogens with zero attached hydrogens (tertiary/aromatic N) is 2. The minimum absolute atomic E-state index is 0.0349. The van der Waals surface area contributed by atoms with E-state index in [0.29, 0.717) is 11.4 Å². The van der Waals surface area contributed by atoms with Gasteiger partial charge in [-0.15, -0.1) is 0 Å². The molecule has 0 radical (unpaired) electrons. The van der Waals surface area contributed by atoms with Crippen molar-refractivity contribution in [1.29, 1.82) is 5.26 Å². The lowest BCUT2D eigenvalue weighted by Gasteiger charge is -2.15. The molecule has 1 aromatic heterocycles. The lowest BCUT2D eigenvalue weighted by Crippen LogP contribution is -2.15. The highest BCUT2D eigenvalue weighted by molar-refractivity contribution is 5.86. The van der Waals surface area contributed by atoms with Crippen molar-refractivity contribution < 1.29 is 0 Å². The number of hydrogen-bond acceptors (Lipinski definition) is 5. The van der Waals surface area contributed by atoms with Gasteiger partial charge in [-0.25, -0.2) is 0 Å². The number of hydrazone groups is 1. The van der Waals surface area contributed by atoms with Crippen LogP contribution in [0.1, 0.15) is 37.7 Å². The molecule has 6 nitrogen and oxygen atoms in total. The maximum atomic E-state index is 11.9. The van der Waals surface area contributed by atoms with Crippen molar-refractivity contribution >= 4 is 22.8 Å². The van der Waals surface area contributed by atoms with Crippen LogP contribution in [0.2, 0.25) is 0 Å². The summed E-state index contributed by atoms with van der Waals surface area (Å²) in [5.74, 6) is 0. The molecule has 0 aliphatic heterocycles. The number of pyridine rings is 1. The summed E-state index contributed by atoms with van der Waals surface area (Å²) in [5, 5.41) is 16.9. The number of nitrogens with one attached hydrogen (secondary N) is 3. The fraction of sp³-hybridized carbons (Fsp3) is 0.278. The van der Waals surface area contributed by atoms with E-state index >= 15 is 0 Å². The molecule has 0 amide bonds. The molecule has 0 bridgehead atoms. The van der Waals surface area contributed by atoms with E-state index in [-0.39, 0.29) is 5.56 Å². The summed E-state index contributed by atoms with van der Waals surface area (Å²) in [6, 6.07) is 11.4. The minimum Gasteiger partial charge on any atom is -0.352 e. The quantitative estimate of drug-likeness (QED) is 0.748. The van der Waals surface area contributed by atoms with E-state index < -0.39 is 5.56 Å². The molecule has 3 rings (SSSR count). The number of hydrogen-bond donors (Lipinski definition) is 3. The minimum atomic E-state index is -0.424. The maximum Gasteiger partial charge on any atom is 0.268 e. The van der Waals surface area contributed by atoms with Crippen molar-refractivity contribution in [2.45, 2.75) is 32.1 Å². The lowest BCUT2D eigenvalue weighted by molar-refractivity contribution is 0.665. The summed E-state index contributed by atoms with van der Waals surface area (Å²) in [4.78, 5) is 14.5. The Kier molecular flexibility index (Phi) is 4.92. The van der Waals surface area contributed by atoms with E-state index in [1.807, 2.05) is 36.4 Å². The van der Waals surface area contributed by atoms with Crippen molar-refractivity contribution in [1.82, 2.24) is 4.98 Å². The lowest BCUT2D eigenvalue weighted by atomic mass is 9.99. The van der Waals surface area contributed by atoms with Crippen LogP contribution in [0.15, 0.2) is 46.4 Å². The van der Waals surface area contributed by atoms with Gasteiger partial charge in [-0.2, -0.15) is 10.4 Å². The molecule has 1 aliphatic rings. The van der Waals surface area contributed by atoms with Gasteiger partial charge in [0.15, 0.2) is 0 Å². The zero-order valence-corrected chi connectivity index (χ0v) is 13.3. The molecule has 122 valence electrons. The topological polar surface area (TPSA) is 93.1 Å². The van der Waals surface area contributed by atoms with Gasteiger partial charge in [-0.1, -0.05) is 24.6 Å². The average Bonchev–Trinajstić information content (AvgIpc) is 2.63. The normalized spacial score (nSPS) is 13.9. The molecule has 2 aromatic rings. The van der Waals surface area contributed by atoms with Gasteiger partial charge in [-0.05, 0) is 37.8 Å². The Morgan fingerprint density at radius 3 is 2.58 bits per heavy atom. The molecule has 0 saturated heterocycles. The number of rotatable bonds is 4. The zero-order chi connectivity index (χ0) is 16.8. The van der Waals surface area contributed by atoms with E-state index in [9.17, 15) is 10.1 Å². The Morgan fingerprint density at radius 1 is 1.12 bits per heavy atom. The van der Waals surface area contributed by atoms with E-state index in [1.165, 1.54) is 6.42 Å². The van der Waals surface area contributed by atoms with Crippen LogP contribution in [0.25, 0.3) is 0 Å². The Hall–Kier alpha value is -3.07. The number of aromatic nitrogens is 1. The fourth-order valence-electron chi connectivity index (χ4n) is 2.73. The first-order valence-electron chi connectivity index (χ1n) is 8.07. The summed E-state index contributed by atoms with van der Waals surface area (Å²) < 4.78 is 0. The van der Waals surface area contributed by atoms with E-state index in [1.54, 1.807) is 6.20 Å². The molecule has 1 saturated carbocycles. The molecule has 0 spiro atoms. The third-order valence-corrected chi connectivity index (χ3v) is 4.01. The Balaban J connectivity index is 1.93. The van der Waals surface area contributed by atoms with Gasteiger partial charge < -0.3 is 10.3 Å². The van der Waals surface area contributed by atoms with Gasteiger partial charge in [0.1, 0.15) is 11.6 Å². The van der Waals surface area contributed by atoms with Crippen LogP contribution >= 0.6 is 0 Å². The molecular formula is C18H19N5O. The predicted octanol–water partition coefficient (Wildman–Crippen LogP) is 3.72. The highest BCUT2D eigenvalue weighted by Gasteiger charge is 2.13. The maximum absolute atomic E-state index is 11.9. The molecule has 24 heavy (non-hydrogen) atoms. The van der Waals surface area contributed by atoms with Crippen molar-refractivity contribution in [2.24, 2.45) is 5.10 Å². The third-order valence-electron chi connectivity index (χ3n) is 4.01. The molecule has 1 heterocycles. The first-order valence-corrected chi connectivity index (χ1v) is 8.07. The summed E-state index contributed by atoms with van der Waals surface area (Å²) in [6.07, 6.45) is 7.08. The van der Waals surface area contributed by atoms with Crippen molar-refractivity contribution in [2.75, 3.05) is 10.7 Å². The second kappa shape index (κ2) is 7.47. The second-order valence-electron chi connectivity index (χ2n) is 5.73. The van der Waals surface area contributed by atoms with Gasteiger partial charge in [0.2, 0.25) is 0 Å². The Labute approximate surface area is 140 Å². The summed E-state index contributed by atoms with van der Waals surface area (Å²) in [6.45, 7) is 0. The number of anilines is 3. The van der Waals surface area contributed by atoms with Crippen molar-refractivity contribution in [3.63, 3.8) is 0 Å². The molecule has 1 aromatic carbocycles. The smallest absolute Gasteiger partial charge is 0.268 e. The molecule has 0 atom stereocenters. The SMILES string of the molecule is N#Cc1c(Nc2ccccc2)c(NN=C2CCCCC2)c[nH]c1=O. The van der Waals surface area contributed by atoms with E-state index in [0.717, 1.165) is 37.1 Å².